The molecule has 0 saturated carbocycles. The van der Waals surface area contributed by atoms with Gasteiger partial charge in [-0.15, -0.1) is 0 Å². The van der Waals surface area contributed by atoms with Crippen molar-refractivity contribution < 1.29 is 9.90 Å². The van der Waals surface area contributed by atoms with E-state index < -0.39 is 6.10 Å². The summed E-state index contributed by atoms with van der Waals surface area (Å²) in [5.74, 6) is 0.0473. The van der Waals surface area contributed by atoms with E-state index in [-0.39, 0.29) is 5.91 Å². The van der Waals surface area contributed by atoms with Crippen LogP contribution < -0.4 is 5.32 Å². The summed E-state index contributed by atoms with van der Waals surface area (Å²) in [6.45, 7) is 0.481. The minimum absolute atomic E-state index is 0.0473. The zero-order valence-corrected chi connectivity index (χ0v) is 14.9. The molecule has 3 aromatic rings. The van der Waals surface area contributed by atoms with Gasteiger partial charge in [-0.2, -0.15) is 0 Å². The predicted molar refractivity (Wildman–Crippen MR) is 106 cm³/mol. The van der Waals surface area contributed by atoms with Gasteiger partial charge in [-0.25, -0.2) is 0 Å². The number of hydrogen-bond donors (Lipinski definition) is 2. The van der Waals surface area contributed by atoms with Crippen LogP contribution in [0.2, 0.25) is 0 Å². The molecule has 3 nitrogen and oxygen atoms in total. The highest BCUT2D eigenvalue weighted by Crippen LogP contribution is 2.25. The number of aliphatic hydroxyl groups excluding tert-OH is 1. The number of fused-ring (bicyclic) bond motifs is 1. The summed E-state index contributed by atoms with van der Waals surface area (Å²) in [6.07, 6.45) is 2.19. The smallest absolute Gasteiger partial charge is 0.220 e. The van der Waals surface area contributed by atoms with Crippen LogP contribution in [0.25, 0.3) is 10.8 Å². The van der Waals surface area contributed by atoms with Gasteiger partial charge in [-0.1, -0.05) is 72.8 Å². The lowest BCUT2D eigenvalue weighted by molar-refractivity contribution is -0.121. The summed E-state index contributed by atoms with van der Waals surface area (Å²) in [4.78, 5) is 12.0. The first-order valence-corrected chi connectivity index (χ1v) is 9.20. The van der Waals surface area contributed by atoms with Crippen LogP contribution in [0.5, 0.6) is 0 Å². The average molecular weight is 347 g/mol. The Hall–Kier alpha value is -2.65. The summed E-state index contributed by atoms with van der Waals surface area (Å²) in [5, 5.41) is 15.6. The fourth-order valence-electron chi connectivity index (χ4n) is 3.23. The van der Waals surface area contributed by atoms with Crippen molar-refractivity contribution in [1.29, 1.82) is 0 Å². The lowest BCUT2D eigenvalue weighted by atomic mass is 9.99. The van der Waals surface area contributed by atoms with E-state index in [1.807, 2.05) is 60.7 Å². The molecule has 3 aromatic carbocycles. The molecule has 0 aliphatic rings. The van der Waals surface area contributed by atoms with Crippen LogP contribution in [-0.2, 0) is 11.2 Å². The Labute approximate surface area is 154 Å². The Bertz CT molecular complexity index is 840. The molecule has 3 heteroatoms. The van der Waals surface area contributed by atoms with Crippen molar-refractivity contribution in [3.8, 4) is 0 Å². The Balaban J connectivity index is 1.43. The van der Waals surface area contributed by atoms with E-state index in [1.54, 1.807) is 0 Å². The van der Waals surface area contributed by atoms with Gasteiger partial charge in [0.25, 0.3) is 0 Å². The summed E-state index contributed by atoms with van der Waals surface area (Å²) in [5.41, 5.74) is 2.17. The normalized spacial score (nSPS) is 12.0. The number of benzene rings is 3. The first-order valence-electron chi connectivity index (χ1n) is 9.20. The summed E-state index contributed by atoms with van der Waals surface area (Å²) in [7, 11) is 0. The molecule has 0 fully saturated rings. The second-order valence-electron chi connectivity index (χ2n) is 6.56. The number of hydrogen-bond acceptors (Lipinski definition) is 2. The highest BCUT2D eigenvalue weighted by atomic mass is 16.3. The first kappa shape index (κ1) is 18.2. The molecule has 134 valence electrons. The molecule has 0 aliphatic carbocycles. The molecule has 0 bridgehead atoms. The fraction of sp³-hybridized carbons (Fsp3) is 0.261. The molecular formula is C23H25NO2. The molecule has 0 heterocycles. The SMILES string of the molecule is O=C(CCCc1ccccc1)NCCC(O)c1cccc2ccccc12. The number of rotatable bonds is 8. The number of carbonyl (C=O) groups is 1. The second kappa shape index (κ2) is 9.16. The summed E-state index contributed by atoms with van der Waals surface area (Å²) < 4.78 is 0. The molecule has 26 heavy (non-hydrogen) atoms. The van der Waals surface area contributed by atoms with E-state index >= 15 is 0 Å². The molecule has 0 radical (unpaired) electrons. The molecule has 1 unspecified atom stereocenters. The standard InChI is InChI=1S/C23H25NO2/c25-22(21-14-7-12-19-11-4-5-13-20(19)21)16-17-24-23(26)15-6-10-18-8-2-1-3-9-18/h1-5,7-9,11-14,22,25H,6,10,15-17H2,(H,24,26). The molecule has 0 aromatic heterocycles. The maximum atomic E-state index is 12.0. The van der Waals surface area contributed by atoms with Crippen LogP contribution in [0.15, 0.2) is 72.8 Å². The highest BCUT2D eigenvalue weighted by molar-refractivity contribution is 5.86. The molecule has 0 saturated heterocycles. The largest absolute Gasteiger partial charge is 0.388 e. The fourth-order valence-corrected chi connectivity index (χ4v) is 3.23. The quantitative estimate of drug-likeness (QED) is 0.634. The van der Waals surface area contributed by atoms with Gasteiger partial charge in [-0.05, 0) is 41.2 Å². The summed E-state index contributed by atoms with van der Waals surface area (Å²) >= 11 is 0. The van der Waals surface area contributed by atoms with Crippen molar-refractivity contribution >= 4 is 16.7 Å². The molecular weight excluding hydrogens is 322 g/mol. The van der Waals surface area contributed by atoms with Gasteiger partial charge >= 0.3 is 0 Å². The molecule has 0 aliphatic heterocycles. The highest BCUT2D eigenvalue weighted by Gasteiger charge is 2.11. The average Bonchev–Trinajstić information content (AvgIpc) is 2.68. The zero-order valence-electron chi connectivity index (χ0n) is 14.9. The third-order valence-electron chi connectivity index (χ3n) is 4.63. The number of aliphatic hydroxyl groups is 1. The van der Waals surface area contributed by atoms with Gasteiger partial charge < -0.3 is 10.4 Å². The molecule has 1 amide bonds. The second-order valence-corrected chi connectivity index (χ2v) is 6.56. The van der Waals surface area contributed by atoms with Gasteiger partial charge in [0, 0.05) is 13.0 Å². The lowest BCUT2D eigenvalue weighted by Crippen LogP contribution is -2.25. The van der Waals surface area contributed by atoms with E-state index in [9.17, 15) is 9.90 Å². The maximum absolute atomic E-state index is 12.0. The topological polar surface area (TPSA) is 49.3 Å². The van der Waals surface area contributed by atoms with Gasteiger partial charge in [0.05, 0.1) is 6.10 Å². The zero-order chi connectivity index (χ0) is 18.2. The van der Waals surface area contributed by atoms with E-state index in [4.69, 9.17) is 0 Å². The number of aryl methyl sites for hydroxylation is 1. The third-order valence-corrected chi connectivity index (χ3v) is 4.63. The Morgan fingerprint density at radius 2 is 1.65 bits per heavy atom. The molecule has 3 rings (SSSR count). The van der Waals surface area contributed by atoms with Crippen LogP contribution in [0.4, 0.5) is 0 Å². The van der Waals surface area contributed by atoms with Gasteiger partial charge in [0.15, 0.2) is 0 Å². The number of amides is 1. The molecule has 1 atom stereocenters. The number of nitrogens with one attached hydrogen (secondary N) is 1. The van der Waals surface area contributed by atoms with E-state index in [0.29, 0.717) is 19.4 Å². The van der Waals surface area contributed by atoms with Crippen molar-refractivity contribution in [2.45, 2.75) is 31.8 Å². The molecule has 0 spiro atoms. The van der Waals surface area contributed by atoms with Crippen LogP contribution in [0.3, 0.4) is 0 Å². The first-order chi connectivity index (χ1) is 12.7. The van der Waals surface area contributed by atoms with E-state index in [0.717, 1.165) is 29.2 Å². The van der Waals surface area contributed by atoms with Crippen molar-refractivity contribution in [3.63, 3.8) is 0 Å². The minimum Gasteiger partial charge on any atom is -0.388 e. The Morgan fingerprint density at radius 3 is 2.50 bits per heavy atom. The van der Waals surface area contributed by atoms with Crippen molar-refractivity contribution in [2.75, 3.05) is 6.54 Å². The summed E-state index contributed by atoms with van der Waals surface area (Å²) in [6, 6.07) is 24.2. The van der Waals surface area contributed by atoms with Crippen molar-refractivity contribution in [1.82, 2.24) is 5.32 Å². The lowest BCUT2D eigenvalue weighted by Gasteiger charge is -2.14. The monoisotopic (exact) mass is 347 g/mol. The van der Waals surface area contributed by atoms with Crippen LogP contribution in [0.1, 0.15) is 36.5 Å². The Kier molecular flexibility index (Phi) is 6.39. The van der Waals surface area contributed by atoms with E-state index in [2.05, 4.69) is 17.4 Å². The Morgan fingerprint density at radius 1 is 0.923 bits per heavy atom. The minimum atomic E-state index is -0.578. The van der Waals surface area contributed by atoms with Crippen LogP contribution >= 0.6 is 0 Å². The predicted octanol–water partition coefficient (Wildman–Crippen LogP) is 4.40. The molecule has 2 N–H and O–H groups in total. The van der Waals surface area contributed by atoms with Gasteiger partial charge in [0.1, 0.15) is 0 Å². The van der Waals surface area contributed by atoms with Crippen LogP contribution in [-0.4, -0.2) is 17.6 Å². The van der Waals surface area contributed by atoms with Crippen LogP contribution in [0, 0.1) is 0 Å². The van der Waals surface area contributed by atoms with E-state index in [1.165, 1.54) is 5.56 Å². The third kappa shape index (κ3) is 4.93. The number of carbonyl (C=O) groups excluding carboxylic acids is 1. The van der Waals surface area contributed by atoms with Crippen molar-refractivity contribution in [3.05, 3.63) is 83.9 Å². The van der Waals surface area contributed by atoms with Gasteiger partial charge in [0.2, 0.25) is 5.91 Å². The van der Waals surface area contributed by atoms with Gasteiger partial charge in [-0.3, -0.25) is 4.79 Å². The maximum Gasteiger partial charge on any atom is 0.220 e. The van der Waals surface area contributed by atoms with Crippen molar-refractivity contribution in [2.24, 2.45) is 0 Å².